The summed E-state index contributed by atoms with van der Waals surface area (Å²) in [7, 11) is 0. The molecule has 0 fully saturated rings. The number of aromatic nitrogens is 1. The van der Waals surface area contributed by atoms with Gasteiger partial charge in [-0.1, -0.05) is 29.8 Å². The maximum absolute atomic E-state index is 12.7. The van der Waals surface area contributed by atoms with Gasteiger partial charge in [0, 0.05) is 10.9 Å². The molecular formula is C10H5ClF3NO. The number of para-hydroxylation sites is 1. The molecule has 2 aromatic rings. The van der Waals surface area contributed by atoms with Crippen molar-refractivity contribution >= 4 is 22.5 Å². The molecule has 1 aromatic heterocycles. The normalized spacial score (nSPS) is 12.0. The highest BCUT2D eigenvalue weighted by Gasteiger charge is 2.36. The number of pyridine rings is 1. The van der Waals surface area contributed by atoms with Gasteiger partial charge in [0.25, 0.3) is 5.56 Å². The summed E-state index contributed by atoms with van der Waals surface area (Å²) in [6, 6.07) is 5.64. The lowest BCUT2D eigenvalue weighted by Gasteiger charge is -2.11. The van der Waals surface area contributed by atoms with Crippen LogP contribution < -0.4 is 5.56 Å². The van der Waals surface area contributed by atoms with Gasteiger partial charge >= 0.3 is 6.18 Å². The van der Waals surface area contributed by atoms with E-state index in [1.165, 1.54) is 24.3 Å². The van der Waals surface area contributed by atoms with E-state index in [0.717, 1.165) is 0 Å². The van der Waals surface area contributed by atoms with Gasteiger partial charge in [0.2, 0.25) is 0 Å². The molecule has 0 saturated heterocycles. The first kappa shape index (κ1) is 11.0. The van der Waals surface area contributed by atoms with Crippen LogP contribution in [0.2, 0.25) is 5.02 Å². The molecule has 0 aliphatic carbocycles. The quantitative estimate of drug-likeness (QED) is 0.762. The van der Waals surface area contributed by atoms with E-state index in [1.54, 1.807) is 0 Å². The predicted octanol–water partition coefficient (Wildman–Crippen LogP) is 3.20. The molecule has 16 heavy (non-hydrogen) atoms. The summed E-state index contributed by atoms with van der Waals surface area (Å²) in [5, 5.41) is -0.939. The number of hydrogen-bond acceptors (Lipinski definition) is 1. The monoisotopic (exact) mass is 247 g/mol. The number of H-pyrrole nitrogens is 1. The number of fused-ring (bicyclic) bond motifs is 1. The number of benzene rings is 1. The van der Waals surface area contributed by atoms with Gasteiger partial charge in [-0.2, -0.15) is 13.2 Å². The van der Waals surface area contributed by atoms with Gasteiger partial charge in [-0.25, -0.2) is 0 Å². The maximum atomic E-state index is 12.7. The Balaban J connectivity index is 2.99. The van der Waals surface area contributed by atoms with Crippen LogP contribution in [0.3, 0.4) is 0 Å². The fourth-order valence-corrected chi connectivity index (χ4v) is 1.75. The summed E-state index contributed by atoms with van der Waals surface area (Å²) in [6.07, 6.45) is -4.65. The van der Waals surface area contributed by atoms with Gasteiger partial charge in [0.15, 0.2) is 0 Å². The van der Waals surface area contributed by atoms with Crippen molar-refractivity contribution in [1.82, 2.24) is 4.98 Å². The third kappa shape index (κ3) is 1.67. The molecule has 0 spiro atoms. The van der Waals surface area contributed by atoms with Crippen molar-refractivity contribution in [2.75, 3.05) is 0 Å². The van der Waals surface area contributed by atoms with E-state index in [0.29, 0.717) is 0 Å². The Hall–Kier alpha value is -1.49. The van der Waals surface area contributed by atoms with Crippen LogP contribution >= 0.6 is 11.6 Å². The van der Waals surface area contributed by atoms with Crippen molar-refractivity contribution in [1.29, 1.82) is 0 Å². The number of hydrogen-bond donors (Lipinski definition) is 1. The molecule has 0 radical (unpaired) electrons. The van der Waals surface area contributed by atoms with Crippen LogP contribution in [0.25, 0.3) is 10.9 Å². The molecule has 2 rings (SSSR count). The van der Waals surface area contributed by atoms with E-state index in [9.17, 15) is 18.0 Å². The SMILES string of the molecule is O=c1[nH]c2ccccc2c(C(F)(F)F)c1Cl. The first-order valence-corrected chi connectivity index (χ1v) is 4.67. The van der Waals surface area contributed by atoms with Crippen LogP contribution in [0.1, 0.15) is 5.56 Å². The van der Waals surface area contributed by atoms with E-state index in [2.05, 4.69) is 4.98 Å². The number of rotatable bonds is 0. The lowest BCUT2D eigenvalue weighted by Crippen LogP contribution is -2.16. The Morgan fingerprint density at radius 3 is 2.44 bits per heavy atom. The van der Waals surface area contributed by atoms with Crippen molar-refractivity contribution in [3.63, 3.8) is 0 Å². The molecule has 0 atom stereocenters. The second kappa shape index (κ2) is 3.52. The smallest absolute Gasteiger partial charge is 0.321 e. The number of nitrogens with one attached hydrogen (secondary N) is 1. The highest BCUT2D eigenvalue weighted by Crippen LogP contribution is 2.37. The highest BCUT2D eigenvalue weighted by atomic mass is 35.5. The predicted molar refractivity (Wildman–Crippen MR) is 54.6 cm³/mol. The fraction of sp³-hybridized carbons (Fsp3) is 0.100. The first-order valence-electron chi connectivity index (χ1n) is 4.29. The molecule has 1 heterocycles. The van der Waals surface area contributed by atoms with Crippen molar-refractivity contribution in [3.8, 4) is 0 Å². The Bertz CT molecular complexity index is 603. The van der Waals surface area contributed by atoms with Gasteiger partial charge in [-0.15, -0.1) is 0 Å². The first-order chi connectivity index (χ1) is 7.41. The zero-order chi connectivity index (χ0) is 11.9. The third-order valence-corrected chi connectivity index (χ3v) is 2.51. The Morgan fingerprint density at radius 2 is 1.81 bits per heavy atom. The van der Waals surface area contributed by atoms with Crippen molar-refractivity contribution in [2.24, 2.45) is 0 Å². The number of alkyl halides is 3. The molecule has 84 valence electrons. The van der Waals surface area contributed by atoms with Gasteiger partial charge in [-0.3, -0.25) is 4.79 Å². The molecule has 0 aliphatic rings. The molecule has 0 bridgehead atoms. The van der Waals surface area contributed by atoms with E-state index in [4.69, 9.17) is 11.6 Å². The van der Waals surface area contributed by atoms with Crippen LogP contribution in [0.5, 0.6) is 0 Å². The summed E-state index contributed by atoms with van der Waals surface area (Å²) in [5.41, 5.74) is -1.91. The van der Waals surface area contributed by atoms with Crippen LogP contribution in [-0.2, 0) is 6.18 Å². The van der Waals surface area contributed by atoms with Crippen LogP contribution in [0.15, 0.2) is 29.1 Å². The third-order valence-electron chi connectivity index (χ3n) is 2.15. The molecule has 1 aromatic carbocycles. The zero-order valence-corrected chi connectivity index (χ0v) is 8.49. The number of halogens is 4. The van der Waals surface area contributed by atoms with E-state index in [1.807, 2.05) is 0 Å². The summed E-state index contributed by atoms with van der Waals surface area (Å²) in [6.45, 7) is 0. The second-order valence-corrected chi connectivity index (χ2v) is 3.56. The molecule has 0 saturated carbocycles. The fourth-order valence-electron chi connectivity index (χ4n) is 1.50. The van der Waals surface area contributed by atoms with E-state index in [-0.39, 0.29) is 10.9 Å². The van der Waals surface area contributed by atoms with Crippen LogP contribution in [0.4, 0.5) is 13.2 Å². The molecule has 6 heteroatoms. The lowest BCUT2D eigenvalue weighted by atomic mass is 10.1. The van der Waals surface area contributed by atoms with Crippen molar-refractivity contribution in [3.05, 3.63) is 45.2 Å². The van der Waals surface area contributed by atoms with Gasteiger partial charge in [-0.05, 0) is 6.07 Å². The average molecular weight is 248 g/mol. The van der Waals surface area contributed by atoms with Crippen molar-refractivity contribution in [2.45, 2.75) is 6.18 Å². The number of aromatic amines is 1. The Labute approximate surface area is 92.7 Å². The summed E-state index contributed by atoms with van der Waals surface area (Å²) < 4.78 is 38.2. The van der Waals surface area contributed by atoms with Crippen LogP contribution in [-0.4, -0.2) is 4.98 Å². The topological polar surface area (TPSA) is 32.9 Å². The molecule has 0 unspecified atom stereocenters. The average Bonchev–Trinajstić information content (AvgIpc) is 2.17. The van der Waals surface area contributed by atoms with Gasteiger partial charge in [0.1, 0.15) is 5.02 Å². The maximum Gasteiger partial charge on any atom is 0.418 e. The molecule has 2 nitrogen and oxygen atoms in total. The second-order valence-electron chi connectivity index (χ2n) is 3.19. The zero-order valence-electron chi connectivity index (χ0n) is 7.73. The van der Waals surface area contributed by atoms with Crippen LogP contribution in [0, 0.1) is 0 Å². The minimum absolute atomic E-state index is 0.111. The lowest BCUT2D eigenvalue weighted by molar-refractivity contribution is -0.136. The van der Waals surface area contributed by atoms with Gasteiger partial charge < -0.3 is 4.98 Å². The van der Waals surface area contributed by atoms with Crippen molar-refractivity contribution < 1.29 is 13.2 Å². The molecular weight excluding hydrogens is 243 g/mol. The minimum atomic E-state index is -4.65. The van der Waals surface area contributed by atoms with Gasteiger partial charge in [0.05, 0.1) is 5.56 Å². The van der Waals surface area contributed by atoms with E-state index < -0.39 is 22.3 Å². The minimum Gasteiger partial charge on any atom is -0.321 e. The Kier molecular flexibility index (Phi) is 2.42. The summed E-state index contributed by atoms with van der Waals surface area (Å²) in [5.74, 6) is 0. The summed E-state index contributed by atoms with van der Waals surface area (Å²) >= 11 is 5.39. The highest BCUT2D eigenvalue weighted by molar-refractivity contribution is 6.32. The standard InChI is InChI=1S/C10H5ClF3NO/c11-8-7(10(12,13)14)5-3-1-2-4-6(5)15-9(8)16/h1-4H,(H,15,16). The Morgan fingerprint density at radius 1 is 1.19 bits per heavy atom. The molecule has 1 N–H and O–H groups in total. The molecule has 0 amide bonds. The summed E-state index contributed by atoms with van der Waals surface area (Å²) in [4.78, 5) is 13.5. The largest absolute Gasteiger partial charge is 0.418 e. The molecule has 0 aliphatic heterocycles. The van der Waals surface area contributed by atoms with E-state index >= 15 is 0 Å².